The molecule has 1 amide bonds. The van der Waals surface area contributed by atoms with Gasteiger partial charge in [0, 0.05) is 16.3 Å². The minimum absolute atomic E-state index is 0.118. The minimum atomic E-state index is -0.153. The number of nitrogen functional groups attached to an aromatic ring is 1. The van der Waals surface area contributed by atoms with Gasteiger partial charge < -0.3 is 11.1 Å². The Morgan fingerprint density at radius 1 is 1.21 bits per heavy atom. The highest BCUT2D eigenvalue weighted by Gasteiger charge is 2.11. The van der Waals surface area contributed by atoms with Crippen molar-refractivity contribution in [2.45, 2.75) is 13.0 Å². The average Bonchev–Trinajstić information content (AvgIpc) is 2.38. The fourth-order valence-corrected chi connectivity index (χ4v) is 2.02. The Hall–Kier alpha value is -2.00. The van der Waals surface area contributed by atoms with Crippen molar-refractivity contribution in [2.75, 3.05) is 5.73 Å². The second kappa shape index (κ2) is 5.76. The van der Waals surface area contributed by atoms with Gasteiger partial charge in [0.2, 0.25) is 0 Å². The predicted octanol–water partition coefficient (Wildman–Crippen LogP) is 3.41. The van der Waals surface area contributed by atoms with Crippen LogP contribution in [-0.2, 0) is 0 Å². The summed E-state index contributed by atoms with van der Waals surface area (Å²) in [5, 5.41) is 3.57. The zero-order valence-electron chi connectivity index (χ0n) is 10.6. The van der Waals surface area contributed by atoms with Gasteiger partial charge in [-0.05, 0) is 42.8 Å². The lowest BCUT2D eigenvalue weighted by atomic mass is 10.1. The van der Waals surface area contributed by atoms with Gasteiger partial charge in [-0.1, -0.05) is 29.8 Å². The van der Waals surface area contributed by atoms with Gasteiger partial charge in [-0.2, -0.15) is 0 Å². The van der Waals surface area contributed by atoms with Crippen molar-refractivity contribution >= 4 is 23.2 Å². The van der Waals surface area contributed by atoms with E-state index in [1.165, 1.54) is 0 Å². The standard InChI is InChI=1S/C15H15ClN2O/c1-10(11-4-2-6-13(16)8-11)18-15(19)12-5-3-7-14(17)9-12/h2-10H,17H2,1H3,(H,18,19)/t10-/m0/s1. The highest BCUT2D eigenvalue weighted by molar-refractivity contribution is 6.30. The van der Waals surface area contributed by atoms with E-state index in [2.05, 4.69) is 5.32 Å². The Morgan fingerprint density at radius 2 is 1.95 bits per heavy atom. The predicted molar refractivity (Wildman–Crippen MR) is 78.2 cm³/mol. The second-order valence-electron chi connectivity index (χ2n) is 4.38. The van der Waals surface area contributed by atoms with E-state index >= 15 is 0 Å². The van der Waals surface area contributed by atoms with Crippen LogP contribution in [0.3, 0.4) is 0 Å². The van der Waals surface area contributed by atoms with Crippen molar-refractivity contribution < 1.29 is 4.79 Å². The van der Waals surface area contributed by atoms with Crippen molar-refractivity contribution in [1.29, 1.82) is 0 Å². The smallest absolute Gasteiger partial charge is 0.251 e. The van der Waals surface area contributed by atoms with E-state index in [-0.39, 0.29) is 11.9 Å². The molecule has 2 aromatic rings. The fraction of sp³-hybridized carbons (Fsp3) is 0.133. The molecular weight excluding hydrogens is 260 g/mol. The van der Waals surface area contributed by atoms with Crippen LogP contribution in [-0.4, -0.2) is 5.91 Å². The highest BCUT2D eigenvalue weighted by Crippen LogP contribution is 2.18. The monoisotopic (exact) mass is 274 g/mol. The van der Waals surface area contributed by atoms with Gasteiger partial charge in [0.1, 0.15) is 0 Å². The van der Waals surface area contributed by atoms with Crippen molar-refractivity contribution in [3.05, 3.63) is 64.7 Å². The molecule has 0 aliphatic heterocycles. The van der Waals surface area contributed by atoms with Gasteiger partial charge in [-0.25, -0.2) is 0 Å². The van der Waals surface area contributed by atoms with Crippen molar-refractivity contribution in [3.63, 3.8) is 0 Å². The van der Waals surface area contributed by atoms with Crippen molar-refractivity contribution in [3.8, 4) is 0 Å². The summed E-state index contributed by atoms with van der Waals surface area (Å²) in [4.78, 5) is 12.1. The van der Waals surface area contributed by atoms with Gasteiger partial charge in [0.05, 0.1) is 6.04 Å². The first-order valence-corrected chi connectivity index (χ1v) is 6.36. The second-order valence-corrected chi connectivity index (χ2v) is 4.81. The highest BCUT2D eigenvalue weighted by atomic mass is 35.5. The zero-order valence-corrected chi connectivity index (χ0v) is 11.3. The third-order valence-corrected chi connectivity index (χ3v) is 3.08. The molecule has 0 bridgehead atoms. The van der Waals surface area contributed by atoms with E-state index in [0.29, 0.717) is 16.3 Å². The molecular formula is C15H15ClN2O. The quantitative estimate of drug-likeness (QED) is 0.843. The molecule has 0 aliphatic carbocycles. The van der Waals surface area contributed by atoms with E-state index in [9.17, 15) is 4.79 Å². The molecule has 2 rings (SSSR count). The maximum Gasteiger partial charge on any atom is 0.251 e. The molecule has 2 aromatic carbocycles. The average molecular weight is 275 g/mol. The number of carbonyl (C=O) groups excluding carboxylic acids is 1. The van der Waals surface area contributed by atoms with E-state index in [1.807, 2.05) is 25.1 Å². The maximum absolute atomic E-state index is 12.1. The summed E-state index contributed by atoms with van der Waals surface area (Å²) in [5.41, 5.74) is 7.75. The first kappa shape index (κ1) is 13.4. The van der Waals surface area contributed by atoms with Crippen molar-refractivity contribution in [1.82, 2.24) is 5.32 Å². The summed E-state index contributed by atoms with van der Waals surface area (Å²) in [6.07, 6.45) is 0. The van der Waals surface area contributed by atoms with Gasteiger partial charge in [-0.3, -0.25) is 4.79 Å². The number of nitrogens with two attached hydrogens (primary N) is 1. The number of hydrogen-bond donors (Lipinski definition) is 2. The van der Waals surface area contributed by atoms with Crippen LogP contribution in [0.15, 0.2) is 48.5 Å². The largest absolute Gasteiger partial charge is 0.399 e. The molecule has 1 atom stereocenters. The summed E-state index contributed by atoms with van der Waals surface area (Å²) in [6.45, 7) is 1.91. The van der Waals surface area contributed by atoms with Crippen molar-refractivity contribution in [2.24, 2.45) is 0 Å². The molecule has 0 saturated carbocycles. The molecule has 98 valence electrons. The number of benzene rings is 2. The molecule has 0 fully saturated rings. The molecule has 19 heavy (non-hydrogen) atoms. The molecule has 0 radical (unpaired) electrons. The van der Waals surface area contributed by atoms with Crippen LogP contribution in [0.5, 0.6) is 0 Å². The van der Waals surface area contributed by atoms with Gasteiger partial charge >= 0.3 is 0 Å². The number of anilines is 1. The Balaban J connectivity index is 2.11. The van der Waals surface area contributed by atoms with E-state index in [0.717, 1.165) is 5.56 Å². The number of amides is 1. The van der Waals surface area contributed by atoms with Crippen LogP contribution < -0.4 is 11.1 Å². The molecule has 0 aliphatic rings. The third-order valence-electron chi connectivity index (χ3n) is 2.85. The zero-order chi connectivity index (χ0) is 13.8. The number of carbonyl (C=O) groups is 1. The SMILES string of the molecule is C[C@H](NC(=O)c1cccc(N)c1)c1cccc(Cl)c1. The molecule has 0 aromatic heterocycles. The summed E-state index contributed by atoms with van der Waals surface area (Å²) in [5.74, 6) is -0.153. The first-order chi connectivity index (χ1) is 9.06. The number of rotatable bonds is 3. The number of nitrogens with one attached hydrogen (secondary N) is 1. The summed E-state index contributed by atoms with van der Waals surface area (Å²) in [6, 6.07) is 14.2. The molecule has 0 unspecified atom stereocenters. The Morgan fingerprint density at radius 3 is 2.63 bits per heavy atom. The van der Waals surface area contributed by atoms with Gasteiger partial charge in [0.25, 0.3) is 5.91 Å². The third kappa shape index (κ3) is 3.48. The number of hydrogen-bond acceptors (Lipinski definition) is 2. The van der Waals surface area contributed by atoms with Crippen LogP contribution in [0.2, 0.25) is 5.02 Å². The van der Waals surface area contributed by atoms with Crippen LogP contribution in [0, 0.1) is 0 Å². The lowest BCUT2D eigenvalue weighted by Crippen LogP contribution is -2.26. The van der Waals surface area contributed by atoms with E-state index in [1.54, 1.807) is 30.3 Å². The Kier molecular flexibility index (Phi) is 4.07. The van der Waals surface area contributed by atoms with Crippen LogP contribution in [0.25, 0.3) is 0 Å². The van der Waals surface area contributed by atoms with Crippen LogP contribution in [0.1, 0.15) is 28.9 Å². The summed E-state index contributed by atoms with van der Waals surface area (Å²) >= 11 is 5.93. The molecule has 0 saturated heterocycles. The molecule has 3 N–H and O–H groups in total. The normalized spacial score (nSPS) is 11.9. The minimum Gasteiger partial charge on any atom is -0.399 e. The van der Waals surface area contributed by atoms with Crippen LogP contribution >= 0.6 is 11.6 Å². The summed E-state index contributed by atoms with van der Waals surface area (Å²) < 4.78 is 0. The molecule has 0 heterocycles. The molecule has 3 nitrogen and oxygen atoms in total. The van der Waals surface area contributed by atoms with E-state index in [4.69, 9.17) is 17.3 Å². The van der Waals surface area contributed by atoms with Gasteiger partial charge in [-0.15, -0.1) is 0 Å². The first-order valence-electron chi connectivity index (χ1n) is 5.98. The molecule has 0 spiro atoms. The van der Waals surface area contributed by atoms with Crippen LogP contribution in [0.4, 0.5) is 5.69 Å². The molecule has 4 heteroatoms. The van der Waals surface area contributed by atoms with Gasteiger partial charge in [0.15, 0.2) is 0 Å². The maximum atomic E-state index is 12.1. The Bertz CT molecular complexity index is 598. The lowest BCUT2D eigenvalue weighted by molar-refractivity contribution is 0.0940. The summed E-state index contributed by atoms with van der Waals surface area (Å²) in [7, 11) is 0. The Labute approximate surface area is 117 Å². The lowest BCUT2D eigenvalue weighted by Gasteiger charge is -2.14. The topological polar surface area (TPSA) is 55.1 Å². The number of halogens is 1. The van der Waals surface area contributed by atoms with E-state index < -0.39 is 0 Å². The fourth-order valence-electron chi connectivity index (χ4n) is 1.82.